The number of pyridine rings is 1. The number of anilines is 1. The van der Waals surface area contributed by atoms with Crippen LogP contribution in [-0.2, 0) is 0 Å². The predicted octanol–water partition coefficient (Wildman–Crippen LogP) is 1.13. The Morgan fingerprint density at radius 1 is 1.29 bits per heavy atom. The van der Waals surface area contributed by atoms with Crippen LogP contribution in [-0.4, -0.2) is 28.2 Å². The van der Waals surface area contributed by atoms with E-state index in [9.17, 15) is 4.79 Å². The van der Waals surface area contributed by atoms with Crippen molar-refractivity contribution in [2.45, 2.75) is 0 Å². The van der Waals surface area contributed by atoms with Crippen LogP contribution in [0.5, 0.6) is 5.88 Å². The van der Waals surface area contributed by atoms with Crippen LogP contribution in [0.4, 0.5) is 5.69 Å². The third kappa shape index (κ3) is 2.75. The molecule has 2 heterocycles. The minimum absolute atomic E-state index is 0.217. The van der Waals surface area contributed by atoms with E-state index in [-0.39, 0.29) is 11.6 Å². The molecular weight excluding hydrogens is 220 g/mol. The largest absolute Gasteiger partial charge is 0.480 e. The van der Waals surface area contributed by atoms with Gasteiger partial charge in [-0.1, -0.05) is 0 Å². The Bertz CT molecular complexity index is 499. The van der Waals surface area contributed by atoms with Crippen molar-refractivity contribution in [3.05, 3.63) is 42.4 Å². The zero-order valence-electron chi connectivity index (χ0n) is 9.12. The molecule has 0 aliphatic heterocycles. The van der Waals surface area contributed by atoms with Crippen molar-refractivity contribution in [1.82, 2.24) is 15.2 Å². The van der Waals surface area contributed by atoms with E-state index in [4.69, 9.17) is 4.74 Å². The first-order chi connectivity index (χ1) is 8.29. The lowest BCUT2D eigenvalue weighted by molar-refractivity contribution is 0.102. The summed E-state index contributed by atoms with van der Waals surface area (Å²) >= 11 is 0. The highest BCUT2D eigenvalue weighted by atomic mass is 16.5. The number of aromatic nitrogens is 3. The molecule has 17 heavy (non-hydrogen) atoms. The highest BCUT2D eigenvalue weighted by molar-refractivity contribution is 6.02. The first kappa shape index (κ1) is 11.0. The van der Waals surface area contributed by atoms with Crippen LogP contribution in [0.1, 0.15) is 10.5 Å². The second-order valence-electron chi connectivity index (χ2n) is 3.16. The van der Waals surface area contributed by atoms with Crippen LogP contribution in [0, 0.1) is 0 Å². The van der Waals surface area contributed by atoms with Gasteiger partial charge in [0.25, 0.3) is 5.91 Å². The molecular formula is C11H10N4O2. The van der Waals surface area contributed by atoms with Crippen molar-refractivity contribution in [2.24, 2.45) is 0 Å². The molecule has 2 aromatic rings. The van der Waals surface area contributed by atoms with Crippen LogP contribution < -0.4 is 10.1 Å². The quantitative estimate of drug-likeness (QED) is 0.855. The first-order valence-corrected chi connectivity index (χ1v) is 4.88. The van der Waals surface area contributed by atoms with Crippen LogP contribution in [0.25, 0.3) is 0 Å². The van der Waals surface area contributed by atoms with Gasteiger partial charge < -0.3 is 10.1 Å². The third-order valence-electron chi connectivity index (χ3n) is 2.00. The van der Waals surface area contributed by atoms with E-state index in [1.165, 1.54) is 13.2 Å². The minimum atomic E-state index is -0.340. The molecule has 2 rings (SSSR count). The van der Waals surface area contributed by atoms with E-state index in [1.54, 1.807) is 30.6 Å². The molecule has 0 saturated carbocycles. The minimum Gasteiger partial charge on any atom is -0.480 e. The Balaban J connectivity index is 2.09. The average Bonchev–Trinajstić information content (AvgIpc) is 2.40. The molecule has 86 valence electrons. The average molecular weight is 230 g/mol. The molecule has 0 aromatic carbocycles. The second kappa shape index (κ2) is 5.02. The number of rotatable bonds is 3. The molecule has 0 fully saturated rings. The van der Waals surface area contributed by atoms with Crippen LogP contribution in [0.15, 0.2) is 36.7 Å². The number of carbonyl (C=O) groups is 1. The fraction of sp³-hybridized carbons (Fsp3) is 0.0909. The number of nitrogens with one attached hydrogen (secondary N) is 1. The summed E-state index contributed by atoms with van der Waals surface area (Å²) in [6.45, 7) is 0. The predicted molar refractivity (Wildman–Crippen MR) is 60.8 cm³/mol. The molecule has 0 radical (unpaired) electrons. The highest BCUT2D eigenvalue weighted by Crippen LogP contribution is 2.07. The smallest absolute Gasteiger partial charge is 0.276 e. The Kier molecular flexibility index (Phi) is 3.25. The molecule has 0 spiro atoms. The normalized spacial score (nSPS) is 9.71. The summed E-state index contributed by atoms with van der Waals surface area (Å²) in [4.78, 5) is 15.6. The van der Waals surface area contributed by atoms with Gasteiger partial charge in [0.2, 0.25) is 5.88 Å². The summed E-state index contributed by atoms with van der Waals surface area (Å²) in [7, 11) is 1.49. The number of ether oxygens (including phenoxy) is 1. The lowest BCUT2D eigenvalue weighted by Crippen LogP contribution is -2.14. The summed E-state index contributed by atoms with van der Waals surface area (Å²) in [6, 6.07) is 6.58. The number of carbonyl (C=O) groups excluding carboxylic acids is 1. The van der Waals surface area contributed by atoms with Crippen LogP contribution in [0.3, 0.4) is 0 Å². The molecule has 1 N–H and O–H groups in total. The molecule has 0 atom stereocenters. The third-order valence-corrected chi connectivity index (χ3v) is 2.00. The molecule has 6 heteroatoms. The molecule has 0 aliphatic carbocycles. The fourth-order valence-corrected chi connectivity index (χ4v) is 1.18. The highest BCUT2D eigenvalue weighted by Gasteiger charge is 2.08. The second-order valence-corrected chi connectivity index (χ2v) is 3.16. The standard InChI is InChI=1S/C11H10N4O2/c1-17-10-5-4-9(14-15-10)11(16)13-8-3-2-6-12-7-8/h2-7H,1H3,(H,13,16). The van der Waals surface area contributed by atoms with Crippen molar-refractivity contribution in [3.8, 4) is 5.88 Å². The monoisotopic (exact) mass is 230 g/mol. The maximum atomic E-state index is 11.7. The number of nitrogens with zero attached hydrogens (tertiary/aromatic N) is 3. The van der Waals surface area contributed by atoms with Gasteiger partial charge >= 0.3 is 0 Å². The zero-order chi connectivity index (χ0) is 12.1. The molecule has 6 nitrogen and oxygen atoms in total. The maximum Gasteiger partial charge on any atom is 0.276 e. The van der Waals surface area contributed by atoms with Gasteiger partial charge in [0, 0.05) is 12.3 Å². The molecule has 2 aromatic heterocycles. The van der Waals surface area contributed by atoms with Gasteiger partial charge in [-0.3, -0.25) is 9.78 Å². The molecule has 0 saturated heterocycles. The number of hydrogen-bond donors (Lipinski definition) is 1. The number of hydrogen-bond acceptors (Lipinski definition) is 5. The number of methoxy groups -OCH3 is 1. The van der Waals surface area contributed by atoms with Crippen molar-refractivity contribution in [1.29, 1.82) is 0 Å². The summed E-state index contributed by atoms with van der Waals surface area (Å²) in [5.74, 6) is 0.0241. The lowest BCUT2D eigenvalue weighted by atomic mass is 10.3. The van der Waals surface area contributed by atoms with E-state index < -0.39 is 0 Å². The van der Waals surface area contributed by atoms with Gasteiger partial charge in [-0.15, -0.1) is 10.2 Å². The van der Waals surface area contributed by atoms with Crippen LogP contribution >= 0.6 is 0 Å². The summed E-state index contributed by atoms with van der Waals surface area (Å²) in [5, 5.41) is 10.1. The van der Waals surface area contributed by atoms with Gasteiger partial charge in [0.15, 0.2) is 5.69 Å². The lowest BCUT2D eigenvalue weighted by Gasteiger charge is -2.03. The van der Waals surface area contributed by atoms with E-state index in [0.717, 1.165) is 0 Å². The van der Waals surface area contributed by atoms with Crippen LogP contribution in [0.2, 0.25) is 0 Å². The SMILES string of the molecule is COc1ccc(C(=O)Nc2cccnc2)nn1. The zero-order valence-corrected chi connectivity index (χ0v) is 9.12. The van der Waals surface area contributed by atoms with Crippen molar-refractivity contribution in [3.63, 3.8) is 0 Å². The first-order valence-electron chi connectivity index (χ1n) is 4.88. The summed E-state index contributed by atoms with van der Waals surface area (Å²) in [6.07, 6.45) is 3.18. The van der Waals surface area contributed by atoms with Gasteiger partial charge in [-0.05, 0) is 18.2 Å². The molecule has 0 aliphatic rings. The topological polar surface area (TPSA) is 77.0 Å². The Morgan fingerprint density at radius 2 is 2.18 bits per heavy atom. The Labute approximate surface area is 97.7 Å². The summed E-state index contributed by atoms with van der Waals surface area (Å²) in [5.41, 5.74) is 0.824. The van der Waals surface area contributed by atoms with Gasteiger partial charge in [0.05, 0.1) is 19.0 Å². The Hall–Kier alpha value is -2.50. The van der Waals surface area contributed by atoms with E-state index >= 15 is 0 Å². The molecule has 0 bridgehead atoms. The summed E-state index contributed by atoms with van der Waals surface area (Å²) < 4.78 is 4.85. The van der Waals surface area contributed by atoms with Crippen molar-refractivity contribution in [2.75, 3.05) is 12.4 Å². The molecule has 0 unspecified atom stereocenters. The fourth-order valence-electron chi connectivity index (χ4n) is 1.18. The van der Waals surface area contributed by atoms with E-state index in [1.807, 2.05) is 0 Å². The van der Waals surface area contributed by atoms with Gasteiger partial charge in [-0.2, -0.15) is 0 Å². The van der Waals surface area contributed by atoms with Gasteiger partial charge in [-0.25, -0.2) is 0 Å². The van der Waals surface area contributed by atoms with Crippen molar-refractivity contribution >= 4 is 11.6 Å². The molecule has 1 amide bonds. The van der Waals surface area contributed by atoms with E-state index in [0.29, 0.717) is 11.6 Å². The maximum absolute atomic E-state index is 11.7. The Morgan fingerprint density at radius 3 is 2.76 bits per heavy atom. The van der Waals surface area contributed by atoms with E-state index in [2.05, 4.69) is 20.5 Å². The number of amides is 1. The van der Waals surface area contributed by atoms with Gasteiger partial charge in [0.1, 0.15) is 0 Å². The van der Waals surface area contributed by atoms with Crippen molar-refractivity contribution < 1.29 is 9.53 Å².